The van der Waals surface area contributed by atoms with Crippen LogP contribution in [-0.2, 0) is 14.3 Å². The quantitative estimate of drug-likeness (QED) is 0.736. The van der Waals surface area contributed by atoms with E-state index in [1.165, 1.54) is 4.90 Å². The van der Waals surface area contributed by atoms with Gasteiger partial charge in [0, 0.05) is 21.4 Å². The number of rotatable bonds is 5. The Kier molecular flexibility index (Phi) is 5.44. The van der Waals surface area contributed by atoms with Gasteiger partial charge in [-0.05, 0) is 56.3 Å². The molecule has 1 N–H and O–H groups in total. The van der Waals surface area contributed by atoms with Crippen molar-refractivity contribution in [1.29, 1.82) is 0 Å². The Bertz CT molecular complexity index is 929. The minimum absolute atomic E-state index is 0.205. The van der Waals surface area contributed by atoms with Gasteiger partial charge in [0.2, 0.25) is 0 Å². The Labute approximate surface area is 167 Å². The van der Waals surface area contributed by atoms with Crippen LogP contribution in [0.5, 0.6) is 0 Å². The molecule has 0 saturated heterocycles. The zero-order valence-electron chi connectivity index (χ0n) is 14.8. The molecule has 5 nitrogen and oxygen atoms in total. The number of hydrogen-bond acceptors (Lipinski definition) is 4. The molecule has 7 heteroatoms. The van der Waals surface area contributed by atoms with E-state index in [0.717, 1.165) is 0 Å². The van der Waals surface area contributed by atoms with Crippen molar-refractivity contribution >= 4 is 46.5 Å². The highest BCUT2D eigenvalue weighted by molar-refractivity contribution is 6.31. The van der Waals surface area contributed by atoms with Crippen molar-refractivity contribution in [2.24, 2.45) is 0 Å². The molecule has 1 heterocycles. The maximum Gasteiger partial charge on any atom is 0.336 e. The van der Waals surface area contributed by atoms with Crippen LogP contribution in [0.3, 0.4) is 0 Å². The smallest absolute Gasteiger partial charge is 0.336 e. The summed E-state index contributed by atoms with van der Waals surface area (Å²) in [6.45, 7) is 3.56. The van der Waals surface area contributed by atoms with Gasteiger partial charge in [0.1, 0.15) is 5.70 Å². The van der Waals surface area contributed by atoms with E-state index in [9.17, 15) is 9.59 Å². The van der Waals surface area contributed by atoms with Crippen LogP contribution >= 0.6 is 23.2 Å². The Morgan fingerprint density at radius 2 is 1.81 bits per heavy atom. The number of halogens is 2. The van der Waals surface area contributed by atoms with Crippen LogP contribution in [0.1, 0.15) is 13.8 Å². The van der Waals surface area contributed by atoms with Crippen molar-refractivity contribution in [2.75, 3.05) is 16.8 Å². The minimum atomic E-state index is -1.31. The molecule has 0 radical (unpaired) electrons. The lowest BCUT2D eigenvalue weighted by Crippen LogP contribution is -2.51. The summed E-state index contributed by atoms with van der Waals surface area (Å²) in [5.74, 6) is -0.894. The molecular weight excluding hydrogens is 387 g/mol. The number of amides is 1. The lowest BCUT2D eigenvalue weighted by Gasteiger charge is -2.32. The van der Waals surface area contributed by atoms with E-state index in [1.807, 2.05) is 0 Å². The van der Waals surface area contributed by atoms with E-state index in [4.69, 9.17) is 27.9 Å². The molecule has 0 unspecified atom stereocenters. The van der Waals surface area contributed by atoms with Gasteiger partial charge in [0.25, 0.3) is 5.91 Å². The van der Waals surface area contributed by atoms with Gasteiger partial charge in [-0.15, -0.1) is 0 Å². The third-order valence-corrected chi connectivity index (χ3v) is 4.65. The molecule has 0 bridgehead atoms. The molecule has 27 heavy (non-hydrogen) atoms. The topological polar surface area (TPSA) is 58.6 Å². The molecule has 2 aromatic carbocycles. The molecule has 0 spiro atoms. The first-order valence-electron chi connectivity index (χ1n) is 8.38. The number of carbonyl (C=O) groups is 2. The number of hydrogen-bond donors (Lipinski definition) is 1. The Morgan fingerprint density at radius 1 is 1.15 bits per heavy atom. The fourth-order valence-electron chi connectivity index (χ4n) is 2.98. The monoisotopic (exact) mass is 404 g/mol. The van der Waals surface area contributed by atoms with Crippen LogP contribution in [0, 0.1) is 0 Å². The molecule has 1 aliphatic rings. The van der Waals surface area contributed by atoms with Crippen molar-refractivity contribution < 1.29 is 14.3 Å². The fourth-order valence-corrected chi connectivity index (χ4v) is 3.35. The van der Waals surface area contributed by atoms with Crippen LogP contribution in [0.25, 0.3) is 0 Å². The van der Waals surface area contributed by atoms with Gasteiger partial charge in [-0.25, -0.2) is 4.79 Å². The van der Waals surface area contributed by atoms with Gasteiger partial charge in [0.05, 0.1) is 6.61 Å². The summed E-state index contributed by atoms with van der Waals surface area (Å²) in [4.78, 5) is 27.2. The first-order valence-corrected chi connectivity index (χ1v) is 9.13. The molecule has 1 aliphatic heterocycles. The largest absolute Gasteiger partial charge is 0.464 e. The minimum Gasteiger partial charge on any atom is -0.464 e. The molecular formula is C20H18Cl2N2O3. The number of carbonyl (C=O) groups excluding carboxylic acids is 2. The molecule has 0 aromatic heterocycles. The van der Waals surface area contributed by atoms with Gasteiger partial charge in [0.15, 0.2) is 5.54 Å². The summed E-state index contributed by atoms with van der Waals surface area (Å²) in [6.07, 6.45) is 1.56. The van der Waals surface area contributed by atoms with E-state index in [0.29, 0.717) is 21.4 Å². The number of esters is 1. The van der Waals surface area contributed by atoms with Crippen molar-refractivity contribution in [3.8, 4) is 0 Å². The molecule has 0 aliphatic carbocycles. The Morgan fingerprint density at radius 3 is 2.44 bits per heavy atom. The predicted molar refractivity (Wildman–Crippen MR) is 107 cm³/mol. The summed E-state index contributed by atoms with van der Waals surface area (Å²) in [5.41, 5.74) is 0.0924. The Balaban J connectivity index is 2.03. The van der Waals surface area contributed by atoms with Crippen molar-refractivity contribution in [2.45, 2.75) is 19.4 Å². The maximum absolute atomic E-state index is 13.1. The van der Waals surface area contributed by atoms with Crippen molar-refractivity contribution in [1.82, 2.24) is 0 Å². The first kappa shape index (κ1) is 19.3. The lowest BCUT2D eigenvalue weighted by atomic mass is 10.0. The SMILES string of the molecule is CCOC(=O)[C@]1(C)C=C(Nc2cccc(Cl)c2)C(=O)N1c1cccc(Cl)c1. The van der Waals surface area contributed by atoms with E-state index in [2.05, 4.69) is 5.32 Å². The number of benzene rings is 2. The molecule has 0 fully saturated rings. The zero-order chi connectivity index (χ0) is 19.6. The summed E-state index contributed by atoms with van der Waals surface area (Å²) in [5, 5.41) is 4.04. The normalized spacial score (nSPS) is 19.0. The highest BCUT2D eigenvalue weighted by Crippen LogP contribution is 2.36. The van der Waals surface area contributed by atoms with E-state index < -0.39 is 11.5 Å². The molecule has 140 valence electrons. The second-order valence-corrected chi connectivity index (χ2v) is 7.05. The molecule has 1 atom stereocenters. The molecule has 1 amide bonds. The van der Waals surface area contributed by atoms with Crippen LogP contribution in [0.2, 0.25) is 10.0 Å². The second kappa shape index (κ2) is 7.62. The first-order chi connectivity index (χ1) is 12.8. The van der Waals surface area contributed by atoms with E-state index >= 15 is 0 Å². The van der Waals surface area contributed by atoms with Crippen LogP contribution < -0.4 is 10.2 Å². The standard InChI is InChI=1S/C20H18Cl2N2O3/c1-3-27-19(26)20(2)12-17(23-15-8-4-6-13(21)10-15)18(25)24(20)16-9-5-7-14(22)11-16/h4-12,23H,3H2,1-2H3/t20-/m0/s1. The maximum atomic E-state index is 13.1. The third kappa shape index (κ3) is 3.80. The number of nitrogens with one attached hydrogen (secondary N) is 1. The van der Waals surface area contributed by atoms with E-state index in [-0.39, 0.29) is 18.2 Å². The number of nitrogens with zero attached hydrogens (tertiary/aromatic N) is 1. The van der Waals surface area contributed by atoms with Gasteiger partial charge in [-0.3, -0.25) is 9.69 Å². The van der Waals surface area contributed by atoms with Crippen LogP contribution in [0.4, 0.5) is 11.4 Å². The average Bonchev–Trinajstić information content (AvgIpc) is 2.86. The van der Waals surface area contributed by atoms with Crippen molar-refractivity contribution in [3.63, 3.8) is 0 Å². The zero-order valence-corrected chi connectivity index (χ0v) is 16.3. The van der Waals surface area contributed by atoms with Crippen LogP contribution in [0.15, 0.2) is 60.3 Å². The molecule has 2 aromatic rings. The summed E-state index contributed by atoms with van der Waals surface area (Å²) >= 11 is 12.1. The molecule has 3 rings (SSSR count). The van der Waals surface area contributed by atoms with E-state index in [1.54, 1.807) is 68.5 Å². The van der Waals surface area contributed by atoms with Gasteiger partial charge in [-0.2, -0.15) is 0 Å². The number of anilines is 2. The number of ether oxygens (including phenoxy) is 1. The lowest BCUT2D eigenvalue weighted by molar-refractivity contribution is -0.147. The highest BCUT2D eigenvalue weighted by Gasteiger charge is 2.49. The highest BCUT2D eigenvalue weighted by atomic mass is 35.5. The van der Waals surface area contributed by atoms with Crippen molar-refractivity contribution in [3.05, 3.63) is 70.3 Å². The average molecular weight is 405 g/mol. The summed E-state index contributed by atoms with van der Waals surface area (Å²) in [7, 11) is 0. The van der Waals surface area contributed by atoms with Gasteiger partial charge >= 0.3 is 5.97 Å². The second-order valence-electron chi connectivity index (χ2n) is 6.18. The third-order valence-electron chi connectivity index (χ3n) is 4.18. The van der Waals surface area contributed by atoms with Crippen LogP contribution in [-0.4, -0.2) is 24.0 Å². The fraction of sp³-hybridized carbons (Fsp3) is 0.200. The Hall–Kier alpha value is -2.50. The predicted octanol–water partition coefficient (Wildman–Crippen LogP) is 4.66. The summed E-state index contributed by atoms with van der Waals surface area (Å²) < 4.78 is 5.22. The molecule has 0 saturated carbocycles. The van der Waals surface area contributed by atoms with Gasteiger partial charge < -0.3 is 10.1 Å². The summed E-state index contributed by atoms with van der Waals surface area (Å²) in [6, 6.07) is 13.8. The van der Waals surface area contributed by atoms with Gasteiger partial charge in [-0.1, -0.05) is 35.3 Å².